The molecular weight excluding hydrogens is 499 g/mol. The van der Waals surface area contributed by atoms with Crippen molar-refractivity contribution in [3.05, 3.63) is 40.5 Å². The van der Waals surface area contributed by atoms with Crippen molar-refractivity contribution in [1.82, 2.24) is 15.3 Å². The van der Waals surface area contributed by atoms with Crippen LogP contribution in [0, 0.1) is 0 Å². The third kappa shape index (κ3) is 4.66. The molecule has 2 aliphatic rings. The number of fused-ring (bicyclic) bond motifs is 1. The molecule has 3 heterocycles. The molecular formula is C22H24Cl2N6O5. The summed E-state index contributed by atoms with van der Waals surface area (Å²) in [5.41, 5.74) is 0.934. The van der Waals surface area contributed by atoms with Crippen molar-refractivity contribution >= 4 is 52.6 Å². The van der Waals surface area contributed by atoms with E-state index in [0.717, 1.165) is 0 Å². The molecule has 1 aromatic carbocycles. The highest BCUT2D eigenvalue weighted by atomic mass is 35.5. The summed E-state index contributed by atoms with van der Waals surface area (Å²) < 4.78 is 16.1. The van der Waals surface area contributed by atoms with Crippen molar-refractivity contribution in [3.8, 4) is 11.5 Å². The molecule has 2 aromatic rings. The third-order valence-corrected chi connectivity index (χ3v) is 6.46. The number of nitrogens with zero attached hydrogens (tertiary/aromatic N) is 4. The number of halogens is 2. The predicted molar refractivity (Wildman–Crippen MR) is 132 cm³/mol. The number of carbonyl (C=O) groups is 2. The summed E-state index contributed by atoms with van der Waals surface area (Å²) in [6.45, 7) is 4.30. The molecule has 0 radical (unpaired) electrons. The first-order valence-corrected chi connectivity index (χ1v) is 11.3. The molecule has 1 saturated heterocycles. The number of benzene rings is 1. The molecule has 2 aliphatic heterocycles. The second-order valence-electron chi connectivity index (χ2n) is 7.84. The number of ether oxygens (including phenoxy) is 3. The van der Waals surface area contributed by atoms with E-state index in [2.05, 4.69) is 27.2 Å². The zero-order valence-corrected chi connectivity index (χ0v) is 20.8. The van der Waals surface area contributed by atoms with Gasteiger partial charge in [0.05, 0.1) is 51.7 Å². The summed E-state index contributed by atoms with van der Waals surface area (Å²) in [5, 5.41) is 6.34. The van der Waals surface area contributed by atoms with Crippen molar-refractivity contribution in [2.75, 3.05) is 49.6 Å². The molecule has 0 bridgehead atoms. The van der Waals surface area contributed by atoms with Crippen LogP contribution < -0.4 is 29.9 Å². The summed E-state index contributed by atoms with van der Waals surface area (Å²) >= 11 is 13.1. The van der Waals surface area contributed by atoms with Crippen molar-refractivity contribution in [2.24, 2.45) is 0 Å². The number of methoxy groups -OCH3 is 2. The lowest BCUT2D eigenvalue weighted by molar-refractivity contribution is -0.117. The summed E-state index contributed by atoms with van der Waals surface area (Å²) in [5.74, 6) is 1.06. The highest BCUT2D eigenvalue weighted by Crippen LogP contribution is 2.47. The van der Waals surface area contributed by atoms with Gasteiger partial charge >= 0.3 is 6.03 Å². The number of hydrogen-bond donors (Lipinski definition) is 2. The van der Waals surface area contributed by atoms with Crippen molar-refractivity contribution < 1.29 is 23.8 Å². The first-order chi connectivity index (χ1) is 16.8. The molecule has 2 N–H and O–H groups in total. The van der Waals surface area contributed by atoms with E-state index in [1.54, 1.807) is 19.3 Å². The highest BCUT2D eigenvalue weighted by Gasteiger charge is 2.35. The molecule has 1 aromatic heterocycles. The van der Waals surface area contributed by atoms with Gasteiger partial charge in [0, 0.05) is 24.9 Å². The van der Waals surface area contributed by atoms with E-state index < -0.39 is 6.03 Å². The first-order valence-electron chi connectivity index (χ1n) is 10.6. The van der Waals surface area contributed by atoms with Gasteiger partial charge in [-0.1, -0.05) is 29.8 Å². The second-order valence-corrected chi connectivity index (χ2v) is 8.59. The minimum absolute atomic E-state index is 0.124. The molecule has 2 atom stereocenters. The van der Waals surface area contributed by atoms with Gasteiger partial charge in [0.15, 0.2) is 0 Å². The Balaban J connectivity index is 1.62. The Kier molecular flexibility index (Phi) is 7.20. The lowest BCUT2D eigenvalue weighted by Crippen LogP contribution is -2.47. The lowest BCUT2D eigenvalue weighted by Gasteiger charge is -2.35. The van der Waals surface area contributed by atoms with Crippen LogP contribution in [-0.2, 0) is 16.1 Å². The summed E-state index contributed by atoms with van der Waals surface area (Å²) in [6, 6.07) is 0.627. The van der Waals surface area contributed by atoms with Gasteiger partial charge in [-0.15, -0.1) is 0 Å². The Labute approximate surface area is 211 Å². The van der Waals surface area contributed by atoms with Crippen LogP contribution in [0.1, 0.15) is 5.56 Å². The highest BCUT2D eigenvalue weighted by molar-refractivity contribution is 6.42. The van der Waals surface area contributed by atoms with Gasteiger partial charge in [-0.2, -0.15) is 4.98 Å². The molecule has 13 heteroatoms. The predicted octanol–water partition coefficient (Wildman–Crippen LogP) is 2.86. The zero-order chi connectivity index (χ0) is 25.3. The van der Waals surface area contributed by atoms with Crippen LogP contribution in [0.5, 0.6) is 11.5 Å². The van der Waals surface area contributed by atoms with E-state index >= 15 is 0 Å². The van der Waals surface area contributed by atoms with Gasteiger partial charge in [0.25, 0.3) is 0 Å². The average molecular weight is 523 g/mol. The Morgan fingerprint density at radius 3 is 2.51 bits per heavy atom. The number of rotatable bonds is 7. The normalized spacial score (nSPS) is 19.3. The fourth-order valence-corrected chi connectivity index (χ4v) is 4.61. The average Bonchev–Trinajstić information content (AvgIpc) is 3.28. The van der Waals surface area contributed by atoms with Crippen LogP contribution in [0.3, 0.4) is 0 Å². The van der Waals surface area contributed by atoms with Gasteiger partial charge in [0.2, 0.25) is 11.9 Å². The van der Waals surface area contributed by atoms with E-state index in [0.29, 0.717) is 42.0 Å². The number of urea groups is 1. The zero-order valence-electron chi connectivity index (χ0n) is 19.3. The SMILES string of the molecule is C=CC(=O)NC1COCC1Nc1ncc2c(n1)N(C)C(=O)N(c1c(Cl)c(OC)cc(OC)c1Cl)C2. The van der Waals surface area contributed by atoms with Crippen molar-refractivity contribution in [2.45, 2.75) is 18.6 Å². The minimum Gasteiger partial charge on any atom is -0.495 e. The van der Waals surface area contributed by atoms with E-state index in [9.17, 15) is 9.59 Å². The van der Waals surface area contributed by atoms with Gasteiger partial charge in [-0.25, -0.2) is 9.78 Å². The number of hydrogen-bond acceptors (Lipinski definition) is 8. The third-order valence-electron chi connectivity index (χ3n) is 5.73. The van der Waals surface area contributed by atoms with Gasteiger partial charge in [-0.3, -0.25) is 14.6 Å². The van der Waals surface area contributed by atoms with Crippen LogP contribution in [0.15, 0.2) is 24.9 Å². The monoisotopic (exact) mass is 522 g/mol. The molecule has 0 spiro atoms. The second kappa shape index (κ2) is 10.1. The molecule has 1 fully saturated rings. The molecule has 2 unspecified atom stereocenters. The quantitative estimate of drug-likeness (QED) is 0.533. The van der Waals surface area contributed by atoms with Crippen LogP contribution >= 0.6 is 23.2 Å². The maximum Gasteiger partial charge on any atom is 0.330 e. The molecule has 35 heavy (non-hydrogen) atoms. The minimum atomic E-state index is -0.401. The Morgan fingerprint density at radius 2 is 1.89 bits per heavy atom. The number of nitrogens with one attached hydrogen (secondary N) is 2. The summed E-state index contributed by atoms with van der Waals surface area (Å²) in [7, 11) is 4.51. The smallest absolute Gasteiger partial charge is 0.330 e. The Hall–Kier alpha value is -3.28. The van der Waals surface area contributed by atoms with Crippen LogP contribution in [-0.4, -0.2) is 68.5 Å². The largest absolute Gasteiger partial charge is 0.495 e. The van der Waals surface area contributed by atoms with E-state index in [4.69, 9.17) is 37.4 Å². The van der Waals surface area contributed by atoms with Crippen LogP contribution in [0.4, 0.5) is 22.2 Å². The first kappa shape index (κ1) is 24.8. The number of aromatic nitrogens is 2. The summed E-state index contributed by atoms with van der Waals surface area (Å²) in [6.07, 6.45) is 2.82. The van der Waals surface area contributed by atoms with E-state index in [-0.39, 0.29) is 40.3 Å². The molecule has 4 rings (SSSR count). The van der Waals surface area contributed by atoms with Gasteiger partial charge in [0.1, 0.15) is 27.4 Å². The molecule has 11 nitrogen and oxygen atoms in total. The summed E-state index contributed by atoms with van der Waals surface area (Å²) in [4.78, 5) is 36.8. The van der Waals surface area contributed by atoms with Crippen LogP contribution in [0.25, 0.3) is 0 Å². The molecule has 0 aliphatic carbocycles. The van der Waals surface area contributed by atoms with Gasteiger partial charge in [-0.05, 0) is 6.08 Å². The van der Waals surface area contributed by atoms with Crippen molar-refractivity contribution in [3.63, 3.8) is 0 Å². The standard InChI is InChI=1S/C22H24Cl2N6O5/c1-5-16(31)26-12-9-35-10-13(12)27-21-25-7-11-8-30(22(32)29(2)20(11)28-21)19-17(23)14(33-3)6-15(34-4)18(19)24/h5-7,12-13H,1,8-10H2,2-4H3,(H,26,31)(H,25,27,28). The van der Waals surface area contributed by atoms with E-state index in [1.807, 2.05) is 0 Å². The molecule has 186 valence electrons. The fraction of sp³-hybridized carbons (Fsp3) is 0.364. The van der Waals surface area contributed by atoms with E-state index in [1.165, 1.54) is 30.1 Å². The molecule has 3 amide bonds. The van der Waals surface area contributed by atoms with Gasteiger partial charge < -0.3 is 24.8 Å². The topological polar surface area (TPSA) is 118 Å². The number of amides is 3. The van der Waals surface area contributed by atoms with Crippen molar-refractivity contribution in [1.29, 1.82) is 0 Å². The maximum absolute atomic E-state index is 13.3. The maximum atomic E-state index is 13.3. The number of anilines is 3. The lowest BCUT2D eigenvalue weighted by atomic mass is 10.1. The van der Waals surface area contributed by atoms with Crippen LogP contribution in [0.2, 0.25) is 10.0 Å². The number of carbonyl (C=O) groups excluding carboxylic acids is 2. The Morgan fingerprint density at radius 1 is 1.23 bits per heavy atom. The molecule has 0 saturated carbocycles. The Bertz CT molecular complexity index is 1150. The fourth-order valence-electron chi connectivity index (χ4n) is 3.91.